The number of halogens is 1. The third-order valence-electron chi connectivity index (χ3n) is 4.35. The molecule has 6 nitrogen and oxygen atoms in total. The number of nitrogens with two attached hydrogens (primary N) is 1. The normalized spacial score (nSPS) is 22.7. The Labute approximate surface area is 121 Å². The van der Waals surface area contributed by atoms with E-state index in [0.717, 1.165) is 25.7 Å². The molecule has 0 unspecified atom stereocenters. The molecule has 7 heteroatoms. The second kappa shape index (κ2) is 5.14. The van der Waals surface area contributed by atoms with Gasteiger partial charge in [0.15, 0.2) is 17.3 Å². The van der Waals surface area contributed by atoms with Crippen LogP contribution in [0.2, 0.25) is 0 Å². The Morgan fingerprint density at radius 2 is 1.95 bits per heavy atom. The first-order chi connectivity index (χ1) is 9.97. The fraction of sp³-hybridized carbons (Fsp3) is 0.571. The van der Waals surface area contributed by atoms with Gasteiger partial charge in [0.1, 0.15) is 0 Å². The Morgan fingerprint density at radius 1 is 1.29 bits per heavy atom. The van der Waals surface area contributed by atoms with E-state index in [-0.39, 0.29) is 23.5 Å². The summed E-state index contributed by atoms with van der Waals surface area (Å²) in [5.74, 6) is -0.273. The second-order valence-electron chi connectivity index (χ2n) is 5.80. The SMILES string of the molecule is Cn1c(=O)c2cc(F)c(N[C@H]3CC[C@H](N)CC3)nc2n1C. The van der Waals surface area contributed by atoms with Crippen LogP contribution in [-0.4, -0.2) is 26.4 Å². The standard InChI is InChI=1S/C14H20FN5O/c1-19-13-10(14(21)20(19)2)7-11(15)12(18-13)17-9-5-3-8(16)4-6-9/h7-9H,3-6,16H2,1-2H3,(H,17,18)/t8-,9-. The molecule has 0 atom stereocenters. The molecular formula is C14H20FN5O. The summed E-state index contributed by atoms with van der Waals surface area (Å²) in [7, 11) is 3.37. The van der Waals surface area contributed by atoms with Gasteiger partial charge < -0.3 is 11.1 Å². The van der Waals surface area contributed by atoms with Crippen LogP contribution in [0.15, 0.2) is 10.9 Å². The van der Waals surface area contributed by atoms with Gasteiger partial charge in [-0.3, -0.25) is 14.2 Å². The molecule has 3 N–H and O–H groups in total. The quantitative estimate of drug-likeness (QED) is 0.869. The highest BCUT2D eigenvalue weighted by atomic mass is 19.1. The molecule has 0 saturated heterocycles. The fourth-order valence-corrected chi connectivity index (χ4v) is 2.89. The Kier molecular flexibility index (Phi) is 3.44. The van der Waals surface area contributed by atoms with E-state index >= 15 is 0 Å². The van der Waals surface area contributed by atoms with Gasteiger partial charge in [-0.05, 0) is 31.7 Å². The van der Waals surface area contributed by atoms with E-state index in [1.54, 1.807) is 18.8 Å². The number of aryl methyl sites for hydroxylation is 1. The van der Waals surface area contributed by atoms with Gasteiger partial charge in [-0.1, -0.05) is 0 Å². The van der Waals surface area contributed by atoms with Gasteiger partial charge >= 0.3 is 0 Å². The van der Waals surface area contributed by atoms with Crippen molar-refractivity contribution in [2.24, 2.45) is 19.8 Å². The van der Waals surface area contributed by atoms with Crippen molar-refractivity contribution >= 4 is 16.9 Å². The third-order valence-corrected chi connectivity index (χ3v) is 4.35. The topological polar surface area (TPSA) is 77.9 Å². The smallest absolute Gasteiger partial charge is 0.276 e. The van der Waals surface area contributed by atoms with Crippen LogP contribution < -0.4 is 16.6 Å². The summed E-state index contributed by atoms with van der Waals surface area (Å²) in [6.45, 7) is 0. The molecule has 2 aromatic rings. The van der Waals surface area contributed by atoms with Gasteiger partial charge in [0.25, 0.3) is 5.56 Å². The number of fused-ring (bicyclic) bond motifs is 1. The summed E-state index contributed by atoms with van der Waals surface area (Å²) < 4.78 is 17.2. The van der Waals surface area contributed by atoms with Gasteiger partial charge in [-0.2, -0.15) is 0 Å². The number of hydrogen-bond donors (Lipinski definition) is 2. The van der Waals surface area contributed by atoms with E-state index in [1.165, 1.54) is 10.7 Å². The van der Waals surface area contributed by atoms with Crippen molar-refractivity contribution in [1.29, 1.82) is 0 Å². The minimum atomic E-state index is -0.485. The van der Waals surface area contributed by atoms with Crippen molar-refractivity contribution in [3.05, 3.63) is 22.2 Å². The molecule has 1 saturated carbocycles. The molecule has 114 valence electrons. The van der Waals surface area contributed by atoms with Crippen LogP contribution in [0.3, 0.4) is 0 Å². The van der Waals surface area contributed by atoms with Gasteiger partial charge in [0.05, 0.1) is 5.39 Å². The van der Waals surface area contributed by atoms with Crippen LogP contribution in [0.25, 0.3) is 11.0 Å². The van der Waals surface area contributed by atoms with Crippen LogP contribution >= 0.6 is 0 Å². The molecule has 1 fully saturated rings. The van der Waals surface area contributed by atoms with Crippen LogP contribution in [-0.2, 0) is 14.1 Å². The number of hydrogen-bond acceptors (Lipinski definition) is 4. The van der Waals surface area contributed by atoms with E-state index in [0.29, 0.717) is 11.0 Å². The number of rotatable bonds is 2. The maximum atomic E-state index is 14.2. The summed E-state index contributed by atoms with van der Waals surface area (Å²) >= 11 is 0. The fourth-order valence-electron chi connectivity index (χ4n) is 2.89. The Morgan fingerprint density at radius 3 is 2.62 bits per heavy atom. The van der Waals surface area contributed by atoms with Crippen molar-refractivity contribution in [1.82, 2.24) is 14.3 Å². The molecule has 0 bridgehead atoms. The average molecular weight is 293 g/mol. The summed E-state index contributed by atoms with van der Waals surface area (Å²) in [6.07, 6.45) is 3.69. The van der Waals surface area contributed by atoms with E-state index in [1.807, 2.05) is 0 Å². The lowest BCUT2D eigenvalue weighted by molar-refractivity contribution is 0.409. The monoisotopic (exact) mass is 293 g/mol. The molecule has 21 heavy (non-hydrogen) atoms. The molecule has 0 amide bonds. The second-order valence-corrected chi connectivity index (χ2v) is 5.80. The lowest BCUT2D eigenvalue weighted by Gasteiger charge is -2.27. The van der Waals surface area contributed by atoms with Crippen molar-refractivity contribution in [2.75, 3.05) is 5.32 Å². The van der Waals surface area contributed by atoms with Crippen molar-refractivity contribution < 1.29 is 4.39 Å². The molecule has 1 aliphatic carbocycles. The largest absolute Gasteiger partial charge is 0.365 e. The van der Waals surface area contributed by atoms with Crippen LogP contribution in [0.1, 0.15) is 25.7 Å². The van der Waals surface area contributed by atoms with Crippen molar-refractivity contribution in [3.63, 3.8) is 0 Å². The first kappa shape index (κ1) is 14.1. The van der Waals surface area contributed by atoms with Crippen molar-refractivity contribution in [3.8, 4) is 0 Å². The number of nitrogens with one attached hydrogen (secondary N) is 1. The molecule has 2 aromatic heterocycles. The Bertz CT molecular complexity index is 727. The predicted octanol–water partition coefficient (Wildman–Crippen LogP) is 1.09. The van der Waals surface area contributed by atoms with Gasteiger partial charge in [-0.25, -0.2) is 9.37 Å². The predicted molar refractivity (Wildman–Crippen MR) is 79.8 cm³/mol. The summed E-state index contributed by atoms with van der Waals surface area (Å²) in [5.41, 5.74) is 6.12. The molecule has 1 aliphatic rings. The van der Waals surface area contributed by atoms with Crippen LogP contribution in [0.4, 0.5) is 10.2 Å². The zero-order chi connectivity index (χ0) is 15.1. The molecule has 0 aliphatic heterocycles. The van der Waals surface area contributed by atoms with Crippen molar-refractivity contribution in [2.45, 2.75) is 37.8 Å². The zero-order valence-corrected chi connectivity index (χ0v) is 12.3. The summed E-state index contributed by atoms with van der Waals surface area (Å²) in [4.78, 5) is 16.2. The third kappa shape index (κ3) is 2.42. The molecule has 0 spiro atoms. The van der Waals surface area contributed by atoms with Crippen LogP contribution in [0, 0.1) is 5.82 Å². The van der Waals surface area contributed by atoms with E-state index in [9.17, 15) is 9.18 Å². The molecule has 0 radical (unpaired) electrons. The number of anilines is 1. The molecule has 3 rings (SSSR count). The van der Waals surface area contributed by atoms with Crippen LogP contribution in [0.5, 0.6) is 0 Å². The molecule has 0 aromatic carbocycles. The number of pyridine rings is 1. The summed E-state index contributed by atoms with van der Waals surface area (Å²) in [5, 5.41) is 3.45. The van der Waals surface area contributed by atoms with Gasteiger partial charge in [0, 0.05) is 26.2 Å². The first-order valence-electron chi connectivity index (χ1n) is 7.21. The maximum Gasteiger partial charge on any atom is 0.276 e. The van der Waals surface area contributed by atoms with E-state index < -0.39 is 5.82 Å². The zero-order valence-electron chi connectivity index (χ0n) is 12.3. The first-order valence-corrected chi connectivity index (χ1v) is 7.21. The average Bonchev–Trinajstić information content (AvgIpc) is 2.67. The highest BCUT2D eigenvalue weighted by Gasteiger charge is 2.21. The minimum Gasteiger partial charge on any atom is -0.365 e. The maximum absolute atomic E-state index is 14.2. The number of aromatic nitrogens is 3. The Hall–Kier alpha value is -1.89. The van der Waals surface area contributed by atoms with E-state index in [2.05, 4.69) is 10.3 Å². The summed E-state index contributed by atoms with van der Waals surface area (Å²) in [6, 6.07) is 1.70. The Balaban J connectivity index is 1.94. The lowest BCUT2D eigenvalue weighted by Crippen LogP contribution is -2.33. The van der Waals surface area contributed by atoms with Gasteiger partial charge in [0.2, 0.25) is 0 Å². The van der Waals surface area contributed by atoms with E-state index in [4.69, 9.17) is 5.73 Å². The van der Waals surface area contributed by atoms with Gasteiger partial charge in [-0.15, -0.1) is 0 Å². The molecular weight excluding hydrogens is 273 g/mol. The lowest BCUT2D eigenvalue weighted by atomic mass is 9.92. The highest BCUT2D eigenvalue weighted by molar-refractivity contribution is 5.76. The number of nitrogens with zero attached hydrogens (tertiary/aromatic N) is 3. The molecule has 2 heterocycles. The minimum absolute atomic E-state index is 0.185. The highest BCUT2D eigenvalue weighted by Crippen LogP contribution is 2.23.